The highest BCUT2D eigenvalue weighted by Crippen LogP contribution is 2.25. The second-order valence-corrected chi connectivity index (χ2v) is 5.59. The topological polar surface area (TPSA) is 86.9 Å². The normalized spacial score (nSPS) is 15.8. The van der Waals surface area contributed by atoms with Gasteiger partial charge in [-0.15, -0.1) is 0 Å². The van der Waals surface area contributed by atoms with Crippen LogP contribution in [0, 0.1) is 5.92 Å². The first-order valence-electron chi connectivity index (χ1n) is 7.05. The third kappa shape index (κ3) is 3.26. The highest BCUT2D eigenvalue weighted by atomic mass is 16.4. The number of carboxylic acid groups (broad SMARTS) is 1. The van der Waals surface area contributed by atoms with E-state index in [0.717, 1.165) is 12.8 Å². The number of amides is 2. The summed E-state index contributed by atoms with van der Waals surface area (Å²) >= 11 is 0. The summed E-state index contributed by atoms with van der Waals surface area (Å²) in [6.45, 7) is 3.59. The van der Waals surface area contributed by atoms with Crippen molar-refractivity contribution >= 4 is 23.4 Å². The molecular formula is C15H21N3O3. The molecule has 1 saturated heterocycles. The van der Waals surface area contributed by atoms with Crippen LogP contribution in [0.25, 0.3) is 0 Å². The Balaban J connectivity index is 2.21. The van der Waals surface area contributed by atoms with Crippen LogP contribution in [0.5, 0.6) is 0 Å². The summed E-state index contributed by atoms with van der Waals surface area (Å²) in [5.74, 6) is -0.463. The van der Waals surface area contributed by atoms with Crippen molar-refractivity contribution in [2.45, 2.75) is 19.8 Å². The van der Waals surface area contributed by atoms with E-state index in [1.165, 1.54) is 11.0 Å². The summed E-state index contributed by atoms with van der Waals surface area (Å²) in [4.78, 5) is 27.0. The van der Waals surface area contributed by atoms with E-state index in [1.807, 2.05) is 0 Å². The van der Waals surface area contributed by atoms with E-state index >= 15 is 0 Å². The fourth-order valence-corrected chi connectivity index (χ4v) is 2.53. The first-order valence-corrected chi connectivity index (χ1v) is 7.05. The van der Waals surface area contributed by atoms with Crippen molar-refractivity contribution in [3.05, 3.63) is 23.8 Å². The lowest BCUT2D eigenvalue weighted by Gasteiger charge is -2.33. The molecule has 1 aromatic rings. The van der Waals surface area contributed by atoms with E-state index in [-0.39, 0.29) is 11.6 Å². The van der Waals surface area contributed by atoms with Gasteiger partial charge in [0.25, 0.3) is 0 Å². The Morgan fingerprint density at radius 2 is 1.95 bits per heavy atom. The van der Waals surface area contributed by atoms with Gasteiger partial charge >= 0.3 is 12.0 Å². The van der Waals surface area contributed by atoms with Crippen molar-refractivity contribution < 1.29 is 14.7 Å². The predicted molar refractivity (Wildman–Crippen MR) is 81.6 cm³/mol. The molecule has 0 unspecified atom stereocenters. The minimum Gasteiger partial charge on any atom is -0.478 e. The number of rotatable bonds is 2. The monoisotopic (exact) mass is 291 g/mol. The van der Waals surface area contributed by atoms with Crippen LogP contribution in [-0.4, -0.2) is 42.1 Å². The zero-order valence-corrected chi connectivity index (χ0v) is 12.4. The number of hydrogen-bond donors (Lipinski definition) is 2. The summed E-state index contributed by atoms with van der Waals surface area (Å²) < 4.78 is 0. The van der Waals surface area contributed by atoms with Crippen LogP contribution in [0.1, 0.15) is 30.1 Å². The Morgan fingerprint density at radius 1 is 1.33 bits per heavy atom. The number of carbonyl (C=O) groups is 2. The minimum atomic E-state index is -1.09. The van der Waals surface area contributed by atoms with Crippen molar-refractivity contribution in [2.24, 2.45) is 5.92 Å². The zero-order valence-electron chi connectivity index (χ0n) is 12.4. The number of aromatic carboxylic acids is 1. The van der Waals surface area contributed by atoms with Crippen LogP contribution in [-0.2, 0) is 0 Å². The van der Waals surface area contributed by atoms with Crippen molar-refractivity contribution in [1.29, 1.82) is 0 Å². The fraction of sp³-hybridized carbons (Fsp3) is 0.467. The van der Waals surface area contributed by atoms with Gasteiger partial charge in [0.15, 0.2) is 0 Å². The molecule has 0 atom stereocenters. The van der Waals surface area contributed by atoms with Crippen molar-refractivity contribution in [1.82, 2.24) is 4.90 Å². The quantitative estimate of drug-likeness (QED) is 0.818. The van der Waals surface area contributed by atoms with Gasteiger partial charge < -0.3 is 15.7 Å². The van der Waals surface area contributed by atoms with E-state index in [4.69, 9.17) is 5.73 Å². The Morgan fingerprint density at radius 3 is 2.52 bits per heavy atom. The summed E-state index contributed by atoms with van der Waals surface area (Å²) in [6.07, 6.45) is 1.96. The average Bonchev–Trinajstić information content (AvgIpc) is 2.46. The van der Waals surface area contributed by atoms with Gasteiger partial charge in [-0.2, -0.15) is 0 Å². The van der Waals surface area contributed by atoms with Crippen LogP contribution in [0.15, 0.2) is 18.2 Å². The Bertz CT molecular complexity index is 551. The van der Waals surface area contributed by atoms with Crippen LogP contribution in [0.4, 0.5) is 16.2 Å². The summed E-state index contributed by atoms with van der Waals surface area (Å²) in [5, 5.41) is 9.26. The van der Waals surface area contributed by atoms with Crippen LogP contribution < -0.4 is 10.6 Å². The Kier molecular flexibility index (Phi) is 4.35. The van der Waals surface area contributed by atoms with Gasteiger partial charge in [-0.05, 0) is 37.0 Å². The molecule has 0 aromatic heterocycles. The minimum absolute atomic E-state index is 0.0382. The first-order chi connectivity index (χ1) is 9.90. The third-order valence-corrected chi connectivity index (χ3v) is 3.95. The van der Waals surface area contributed by atoms with Crippen LogP contribution >= 0.6 is 0 Å². The van der Waals surface area contributed by atoms with Gasteiger partial charge in [0, 0.05) is 25.8 Å². The number of carboxylic acids is 1. The molecule has 0 saturated carbocycles. The highest BCUT2D eigenvalue weighted by Gasteiger charge is 2.25. The maximum Gasteiger partial charge on any atom is 0.337 e. The number of nitrogens with two attached hydrogens (primary N) is 1. The second-order valence-electron chi connectivity index (χ2n) is 5.59. The maximum atomic E-state index is 12.5. The molecule has 1 heterocycles. The molecule has 6 heteroatoms. The number of carbonyl (C=O) groups excluding carboxylic acids is 1. The molecule has 1 fully saturated rings. The standard InChI is InChI=1S/C15H21N3O3/c1-10-5-7-18(8-6-10)15(21)17(2)13-4-3-11(16)9-12(13)14(19)20/h3-4,9-10H,5-8,16H2,1-2H3,(H,19,20). The number of urea groups is 1. The number of nitrogen functional groups attached to an aromatic ring is 1. The number of hydrogen-bond acceptors (Lipinski definition) is 3. The summed E-state index contributed by atoms with van der Waals surface area (Å²) in [6, 6.07) is 4.38. The molecular weight excluding hydrogens is 270 g/mol. The number of likely N-dealkylation sites (tertiary alicyclic amines) is 1. The second kappa shape index (κ2) is 6.03. The Hall–Kier alpha value is -2.24. The van der Waals surface area contributed by atoms with E-state index in [0.29, 0.717) is 30.4 Å². The first kappa shape index (κ1) is 15.2. The zero-order chi connectivity index (χ0) is 15.6. The largest absolute Gasteiger partial charge is 0.478 e. The fourth-order valence-electron chi connectivity index (χ4n) is 2.53. The molecule has 114 valence electrons. The lowest BCUT2D eigenvalue weighted by atomic mass is 9.99. The van der Waals surface area contributed by atoms with Crippen molar-refractivity contribution in [3.63, 3.8) is 0 Å². The molecule has 0 radical (unpaired) electrons. The highest BCUT2D eigenvalue weighted by molar-refractivity contribution is 6.01. The molecule has 0 bridgehead atoms. The molecule has 2 amide bonds. The van der Waals surface area contributed by atoms with E-state index in [9.17, 15) is 14.7 Å². The number of anilines is 2. The van der Waals surface area contributed by atoms with Gasteiger partial charge in [-0.3, -0.25) is 4.90 Å². The van der Waals surface area contributed by atoms with Gasteiger partial charge in [0.1, 0.15) is 0 Å². The third-order valence-electron chi connectivity index (χ3n) is 3.95. The van der Waals surface area contributed by atoms with E-state index < -0.39 is 5.97 Å². The molecule has 0 spiro atoms. The van der Waals surface area contributed by atoms with E-state index in [1.54, 1.807) is 24.1 Å². The predicted octanol–water partition coefficient (Wildman–Crippen LogP) is 2.26. The lowest BCUT2D eigenvalue weighted by Crippen LogP contribution is -2.45. The average molecular weight is 291 g/mol. The molecule has 3 N–H and O–H groups in total. The smallest absolute Gasteiger partial charge is 0.337 e. The van der Waals surface area contributed by atoms with Crippen molar-refractivity contribution in [2.75, 3.05) is 30.8 Å². The van der Waals surface area contributed by atoms with Gasteiger partial charge in [0.2, 0.25) is 0 Å². The van der Waals surface area contributed by atoms with E-state index in [2.05, 4.69) is 6.92 Å². The maximum absolute atomic E-state index is 12.5. The van der Waals surface area contributed by atoms with Crippen LogP contribution in [0.3, 0.4) is 0 Å². The molecule has 21 heavy (non-hydrogen) atoms. The summed E-state index contributed by atoms with van der Waals surface area (Å²) in [7, 11) is 1.60. The van der Waals surface area contributed by atoms with Crippen LogP contribution in [0.2, 0.25) is 0 Å². The SMILES string of the molecule is CC1CCN(C(=O)N(C)c2ccc(N)cc2C(=O)O)CC1. The molecule has 6 nitrogen and oxygen atoms in total. The summed E-state index contributed by atoms with van der Waals surface area (Å²) in [5.41, 5.74) is 6.39. The molecule has 2 rings (SSSR count). The molecule has 1 aliphatic rings. The Labute approximate surface area is 124 Å². The number of piperidine rings is 1. The van der Waals surface area contributed by atoms with Crippen molar-refractivity contribution in [3.8, 4) is 0 Å². The van der Waals surface area contributed by atoms with Gasteiger partial charge in [0.05, 0.1) is 11.3 Å². The van der Waals surface area contributed by atoms with Gasteiger partial charge in [-0.25, -0.2) is 9.59 Å². The number of benzene rings is 1. The van der Waals surface area contributed by atoms with Gasteiger partial charge in [-0.1, -0.05) is 6.92 Å². The molecule has 1 aliphatic heterocycles. The molecule has 0 aliphatic carbocycles. The molecule has 1 aromatic carbocycles. The lowest BCUT2D eigenvalue weighted by molar-refractivity contribution is 0.0697. The number of nitrogens with zero attached hydrogens (tertiary/aromatic N) is 2.